The van der Waals surface area contributed by atoms with Gasteiger partial charge in [-0.05, 0) is 70.3 Å². The Morgan fingerprint density at radius 1 is 1.19 bits per heavy atom. The predicted octanol–water partition coefficient (Wildman–Crippen LogP) is 3.51. The molecule has 32 heavy (non-hydrogen) atoms. The fraction of sp³-hybridized carbons (Fsp3) is 0.400. The van der Waals surface area contributed by atoms with Crippen LogP contribution in [0.2, 0.25) is 0 Å². The van der Waals surface area contributed by atoms with Crippen molar-refractivity contribution in [1.29, 1.82) is 0 Å². The second-order valence-electron chi connectivity index (χ2n) is 8.76. The SMILES string of the molecule is Cc1cn2cc(-c3cc4ccc(CCCN5CCCC5CO)cc4oc3=O)nc2c(C)n1. The fourth-order valence-electron chi connectivity index (χ4n) is 4.81. The van der Waals surface area contributed by atoms with Crippen LogP contribution in [0, 0.1) is 13.8 Å². The summed E-state index contributed by atoms with van der Waals surface area (Å²) < 4.78 is 7.59. The molecule has 0 radical (unpaired) electrons. The summed E-state index contributed by atoms with van der Waals surface area (Å²) in [5.74, 6) is 0. The van der Waals surface area contributed by atoms with Gasteiger partial charge in [-0.15, -0.1) is 0 Å². The molecule has 1 unspecified atom stereocenters. The maximum atomic E-state index is 12.8. The minimum Gasteiger partial charge on any atom is -0.422 e. The largest absolute Gasteiger partial charge is 0.422 e. The number of benzene rings is 1. The Balaban J connectivity index is 1.38. The van der Waals surface area contributed by atoms with E-state index in [0.717, 1.165) is 66.8 Å². The van der Waals surface area contributed by atoms with Gasteiger partial charge in [-0.3, -0.25) is 9.88 Å². The summed E-state index contributed by atoms with van der Waals surface area (Å²) in [5.41, 5.74) is 4.87. The number of fused-ring (bicyclic) bond motifs is 2. The van der Waals surface area contributed by atoms with E-state index in [4.69, 9.17) is 4.42 Å². The van der Waals surface area contributed by atoms with Crippen molar-refractivity contribution in [2.45, 2.75) is 45.6 Å². The van der Waals surface area contributed by atoms with Crippen LogP contribution in [-0.4, -0.2) is 50.1 Å². The second kappa shape index (κ2) is 8.48. The van der Waals surface area contributed by atoms with E-state index in [0.29, 0.717) is 22.9 Å². The van der Waals surface area contributed by atoms with Gasteiger partial charge < -0.3 is 13.9 Å². The Hall–Kier alpha value is -3.03. The van der Waals surface area contributed by atoms with Crippen molar-refractivity contribution < 1.29 is 9.52 Å². The third-order valence-corrected chi connectivity index (χ3v) is 6.42. The highest BCUT2D eigenvalue weighted by molar-refractivity contribution is 5.81. The average molecular weight is 433 g/mol. The molecule has 1 fully saturated rings. The van der Waals surface area contributed by atoms with Crippen molar-refractivity contribution in [3.8, 4) is 11.3 Å². The summed E-state index contributed by atoms with van der Waals surface area (Å²) in [4.78, 5) is 24.2. The van der Waals surface area contributed by atoms with Gasteiger partial charge in [0.05, 0.1) is 29.3 Å². The van der Waals surface area contributed by atoms with E-state index in [1.807, 2.05) is 48.8 Å². The minimum atomic E-state index is -0.386. The number of nitrogens with zero attached hydrogens (tertiary/aromatic N) is 4. The summed E-state index contributed by atoms with van der Waals surface area (Å²) in [6, 6.07) is 8.25. The van der Waals surface area contributed by atoms with E-state index >= 15 is 0 Å². The second-order valence-corrected chi connectivity index (χ2v) is 8.76. The molecule has 7 heteroatoms. The molecule has 1 aromatic carbocycles. The van der Waals surface area contributed by atoms with Crippen LogP contribution < -0.4 is 5.63 Å². The van der Waals surface area contributed by atoms with Gasteiger partial charge in [0.2, 0.25) is 0 Å². The molecule has 0 bridgehead atoms. The number of aliphatic hydroxyl groups is 1. The van der Waals surface area contributed by atoms with Crippen LogP contribution in [0.1, 0.15) is 36.2 Å². The quantitative estimate of drug-likeness (QED) is 0.470. The van der Waals surface area contributed by atoms with Crippen LogP contribution in [0.4, 0.5) is 0 Å². The Morgan fingerprint density at radius 2 is 2.06 bits per heavy atom. The zero-order valence-corrected chi connectivity index (χ0v) is 18.5. The van der Waals surface area contributed by atoms with Crippen molar-refractivity contribution in [1.82, 2.24) is 19.3 Å². The fourth-order valence-corrected chi connectivity index (χ4v) is 4.81. The molecule has 1 aliphatic rings. The topological polar surface area (TPSA) is 83.9 Å². The molecule has 1 aliphatic heterocycles. The van der Waals surface area contributed by atoms with Crippen molar-refractivity contribution >= 4 is 16.6 Å². The lowest BCUT2D eigenvalue weighted by molar-refractivity contribution is 0.158. The monoisotopic (exact) mass is 432 g/mol. The highest BCUT2D eigenvalue weighted by Gasteiger charge is 2.22. The minimum absolute atomic E-state index is 0.242. The number of aromatic nitrogens is 3. The highest BCUT2D eigenvalue weighted by atomic mass is 16.4. The van der Waals surface area contributed by atoms with E-state index in [-0.39, 0.29) is 12.2 Å². The van der Waals surface area contributed by atoms with Crippen molar-refractivity contribution in [3.05, 3.63) is 64.0 Å². The van der Waals surface area contributed by atoms with Crippen LogP contribution >= 0.6 is 0 Å². The number of rotatable bonds is 6. The molecular formula is C25H28N4O3. The molecule has 3 aromatic heterocycles. The Bertz CT molecular complexity index is 1340. The average Bonchev–Trinajstić information content (AvgIpc) is 3.40. The van der Waals surface area contributed by atoms with E-state index < -0.39 is 0 Å². The van der Waals surface area contributed by atoms with Gasteiger partial charge in [-0.1, -0.05) is 12.1 Å². The normalized spacial score (nSPS) is 17.0. The first-order valence-corrected chi connectivity index (χ1v) is 11.3. The zero-order valence-electron chi connectivity index (χ0n) is 18.5. The van der Waals surface area contributed by atoms with Crippen molar-refractivity contribution in [3.63, 3.8) is 0 Å². The number of likely N-dealkylation sites (tertiary alicyclic amines) is 1. The molecule has 0 aliphatic carbocycles. The first-order chi connectivity index (χ1) is 15.5. The summed E-state index contributed by atoms with van der Waals surface area (Å²) in [6.07, 6.45) is 7.92. The van der Waals surface area contributed by atoms with Crippen LogP contribution in [0.5, 0.6) is 0 Å². The van der Waals surface area contributed by atoms with Crippen LogP contribution in [-0.2, 0) is 6.42 Å². The summed E-state index contributed by atoms with van der Waals surface area (Å²) >= 11 is 0. The molecule has 4 heterocycles. The summed E-state index contributed by atoms with van der Waals surface area (Å²) in [7, 11) is 0. The Labute approximate surface area is 186 Å². The Kier molecular flexibility index (Phi) is 5.53. The maximum absolute atomic E-state index is 12.8. The van der Waals surface area contributed by atoms with Gasteiger partial charge >= 0.3 is 5.63 Å². The molecule has 1 saturated heterocycles. The lowest BCUT2D eigenvalue weighted by Crippen LogP contribution is -2.33. The molecule has 4 aromatic rings. The lowest BCUT2D eigenvalue weighted by atomic mass is 10.1. The van der Waals surface area contributed by atoms with Crippen LogP contribution in [0.3, 0.4) is 0 Å². The van der Waals surface area contributed by atoms with Gasteiger partial charge in [0.1, 0.15) is 5.58 Å². The molecule has 0 spiro atoms. The van der Waals surface area contributed by atoms with E-state index in [1.165, 1.54) is 0 Å². The smallest absolute Gasteiger partial charge is 0.345 e. The van der Waals surface area contributed by atoms with Crippen molar-refractivity contribution in [2.75, 3.05) is 19.7 Å². The van der Waals surface area contributed by atoms with Gasteiger partial charge in [-0.2, -0.15) is 0 Å². The van der Waals surface area contributed by atoms with Gasteiger partial charge in [0.15, 0.2) is 5.65 Å². The molecule has 0 amide bonds. The molecule has 1 N–H and O–H groups in total. The number of aliphatic hydroxyl groups excluding tert-OH is 1. The van der Waals surface area contributed by atoms with E-state index in [1.54, 1.807) is 0 Å². The molecule has 7 nitrogen and oxygen atoms in total. The first-order valence-electron chi connectivity index (χ1n) is 11.3. The van der Waals surface area contributed by atoms with Crippen LogP contribution in [0.25, 0.3) is 27.9 Å². The number of aryl methyl sites for hydroxylation is 3. The molecule has 0 saturated carbocycles. The first kappa shape index (κ1) is 20.8. The third-order valence-electron chi connectivity index (χ3n) is 6.42. The van der Waals surface area contributed by atoms with Gasteiger partial charge in [0.25, 0.3) is 0 Å². The Morgan fingerprint density at radius 3 is 2.91 bits per heavy atom. The lowest BCUT2D eigenvalue weighted by Gasteiger charge is -2.22. The molecular weight excluding hydrogens is 404 g/mol. The van der Waals surface area contributed by atoms with E-state index in [9.17, 15) is 9.90 Å². The molecule has 1 atom stereocenters. The third kappa shape index (κ3) is 3.94. The zero-order chi connectivity index (χ0) is 22.2. The molecule has 5 rings (SSSR count). The van der Waals surface area contributed by atoms with Gasteiger partial charge in [0, 0.05) is 23.8 Å². The van der Waals surface area contributed by atoms with Crippen molar-refractivity contribution in [2.24, 2.45) is 0 Å². The number of hydrogen-bond acceptors (Lipinski definition) is 6. The van der Waals surface area contributed by atoms with E-state index in [2.05, 4.69) is 20.9 Å². The molecule has 166 valence electrons. The number of imidazole rings is 1. The van der Waals surface area contributed by atoms with Crippen LogP contribution in [0.15, 0.2) is 45.9 Å². The standard InChI is InChI=1S/C25H28N4O3/c1-16-13-29-14-22(27-24(29)17(2)26-16)21-12-19-8-7-18(11-23(19)32-25(21)31)5-3-9-28-10-4-6-20(28)15-30/h7-8,11-14,20,30H,3-6,9-10,15H2,1-2H3. The predicted molar refractivity (Wildman–Crippen MR) is 124 cm³/mol. The maximum Gasteiger partial charge on any atom is 0.345 e. The number of hydrogen-bond donors (Lipinski definition) is 1. The summed E-state index contributed by atoms with van der Waals surface area (Å²) in [6.45, 7) is 6.14. The van der Waals surface area contributed by atoms with Gasteiger partial charge in [-0.25, -0.2) is 9.78 Å². The highest BCUT2D eigenvalue weighted by Crippen LogP contribution is 2.24. The summed E-state index contributed by atoms with van der Waals surface area (Å²) in [5, 5.41) is 10.4.